The van der Waals surface area contributed by atoms with Gasteiger partial charge in [-0.25, -0.2) is 8.93 Å². The Labute approximate surface area is 252 Å². The smallest absolute Gasteiger partial charge is 0.0979 e. The lowest BCUT2D eigenvalue weighted by molar-refractivity contribution is 0.0195. The van der Waals surface area contributed by atoms with Crippen LogP contribution in [-0.4, -0.2) is 19.3 Å². The van der Waals surface area contributed by atoms with Crippen LogP contribution in [0.5, 0.6) is 0 Å². The van der Waals surface area contributed by atoms with Crippen molar-refractivity contribution in [2.24, 2.45) is 35.5 Å². The minimum atomic E-state index is -1.15. The number of hydrogen-bond acceptors (Lipinski definition) is 1. The Morgan fingerprint density at radius 1 is 0.683 bits per heavy atom. The van der Waals surface area contributed by atoms with E-state index >= 15 is 0 Å². The fraction of sp³-hybridized carbons (Fsp3) is 0.676. The Bertz CT molecular complexity index is 1200. The molecule has 4 heteroatoms. The molecular weight excluding hydrogens is 537 g/mol. The van der Waals surface area contributed by atoms with Crippen molar-refractivity contribution < 1.29 is 4.21 Å². The first-order valence-electron chi connectivity index (χ1n) is 16.8. The largest absolute Gasteiger partial charge is 0.242 e. The van der Waals surface area contributed by atoms with E-state index in [4.69, 9.17) is 0 Å². The second-order valence-corrected chi connectivity index (χ2v) is 21.6. The number of rotatable bonds is 7. The lowest BCUT2D eigenvalue weighted by Crippen LogP contribution is -2.58. The van der Waals surface area contributed by atoms with Crippen LogP contribution in [0.3, 0.4) is 0 Å². The molecule has 2 aromatic carbocycles. The molecule has 1 N–H and O–H groups in total. The van der Waals surface area contributed by atoms with Gasteiger partial charge < -0.3 is 0 Å². The van der Waals surface area contributed by atoms with Crippen LogP contribution < -0.4 is 10.0 Å². The highest BCUT2D eigenvalue weighted by Crippen LogP contribution is 2.78. The lowest BCUT2D eigenvalue weighted by Gasteiger charge is -2.67. The minimum absolute atomic E-state index is 0.0414. The Kier molecular flexibility index (Phi) is 6.71. The van der Waals surface area contributed by atoms with E-state index in [2.05, 4.69) is 80.1 Å². The van der Waals surface area contributed by atoms with E-state index in [-0.39, 0.29) is 18.7 Å². The van der Waals surface area contributed by atoms with Crippen molar-refractivity contribution >= 4 is 24.2 Å². The van der Waals surface area contributed by atoms with Crippen molar-refractivity contribution in [3.8, 4) is 0 Å². The van der Waals surface area contributed by atoms with Crippen LogP contribution in [0, 0.1) is 35.5 Å². The van der Waals surface area contributed by atoms with Gasteiger partial charge in [0.1, 0.15) is 0 Å². The van der Waals surface area contributed by atoms with Gasteiger partial charge in [-0.1, -0.05) is 62.5 Å². The zero-order chi connectivity index (χ0) is 28.0. The van der Waals surface area contributed by atoms with Crippen molar-refractivity contribution in [3.05, 3.63) is 65.7 Å². The fourth-order valence-electron chi connectivity index (χ4n) is 11.9. The molecule has 0 spiro atoms. The Morgan fingerprint density at radius 3 is 1.54 bits per heavy atom. The minimum Gasteiger partial charge on any atom is -0.242 e. The average Bonchev–Trinajstić information content (AvgIpc) is 2.90. The maximum absolute atomic E-state index is 13.8. The van der Waals surface area contributed by atoms with Gasteiger partial charge in [0.05, 0.1) is 21.8 Å². The SMILES string of the molecule is CC(C)(C)S(=O)N[C@@H](c1ccccc1)c1ccccc1P(C12CC3CC(CC(C3)C1)C2)C12CC3CC(CC(C3)C1)C2. The molecule has 0 radical (unpaired) electrons. The van der Waals surface area contributed by atoms with Gasteiger partial charge in [-0.15, -0.1) is 0 Å². The first kappa shape index (κ1) is 27.5. The highest BCUT2D eigenvalue weighted by molar-refractivity contribution is 7.84. The van der Waals surface area contributed by atoms with Gasteiger partial charge in [0.15, 0.2) is 0 Å². The molecule has 8 aliphatic carbocycles. The molecule has 0 amide bonds. The van der Waals surface area contributed by atoms with Gasteiger partial charge >= 0.3 is 0 Å². The van der Waals surface area contributed by atoms with Gasteiger partial charge in [0.2, 0.25) is 0 Å². The van der Waals surface area contributed by atoms with Gasteiger partial charge in [-0.3, -0.25) is 0 Å². The van der Waals surface area contributed by atoms with Gasteiger partial charge in [0.25, 0.3) is 0 Å². The molecule has 8 bridgehead atoms. The summed E-state index contributed by atoms with van der Waals surface area (Å²) in [5.74, 6) is 5.85. The maximum Gasteiger partial charge on any atom is 0.0979 e. The zero-order valence-electron chi connectivity index (χ0n) is 25.5. The first-order valence-corrected chi connectivity index (χ1v) is 19.3. The number of hydrogen-bond donors (Lipinski definition) is 1. The molecule has 10 rings (SSSR count). The van der Waals surface area contributed by atoms with E-state index in [0.717, 1.165) is 35.5 Å². The van der Waals surface area contributed by atoms with Crippen LogP contribution in [0.2, 0.25) is 0 Å². The molecule has 0 aromatic heterocycles. The Morgan fingerprint density at radius 2 is 1.10 bits per heavy atom. The summed E-state index contributed by atoms with van der Waals surface area (Å²) in [4.78, 5) is 0. The van der Waals surface area contributed by atoms with Crippen molar-refractivity contribution in [2.45, 2.75) is 119 Å². The van der Waals surface area contributed by atoms with Crippen molar-refractivity contribution in [1.82, 2.24) is 4.72 Å². The molecule has 220 valence electrons. The van der Waals surface area contributed by atoms with E-state index in [1.807, 2.05) is 0 Å². The third-order valence-corrected chi connectivity index (χ3v) is 17.8. The van der Waals surface area contributed by atoms with Crippen LogP contribution in [0.4, 0.5) is 0 Å². The van der Waals surface area contributed by atoms with Crippen LogP contribution in [0.25, 0.3) is 0 Å². The maximum atomic E-state index is 13.8. The molecule has 2 atom stereocenters. The predicted molar refractivity (Wildman–Crippen MR) is 174 cm³/mol. The Balaban J connectivity index is 1.30. The van der Waals surface area contributed by atoms with Crippen LogP contribution in [0.1, 0.15) is 115 Å². The highest BCUT2D eigenvalue weighted by atomic mass is 32.2. The molecule has 2 nitrogen and oxygen atoms in total. The highest BCUT2D eigenvalue weighted by Gasteiger charge is 2.63. The summed E-state index contributed by atoms with van der Waals surface area (Å²) in [6, 6.07) is 20.5. The van der Waals surface area contributed by atoms with Gasteiger partial charge in [0, 0.05) is 0 Å². The van der Waals surface area contributed by atoms with Crippen molar-refractivity contribution in [1.29, 1.82) is 0 Å². The van der Waals surface area contributed by atoms with E-state index in [0.29, 0.717) is 10.3 Å². The predicted octanol–water partition coefficient (Wildman–Crippen LogP) is 8.87. The van der Waals surface area contributed by atoms with Crippen LogP contribution >= 0.6 is 7.92 Å². The zero-order valence-corrected chi connectivity index (χ0v) is 27.2. The van der Waals surface area contributed by atoms with E-state index in [9.17, 15) is 4.21 Å². The van der Waals surface area contributed by atoms with Gasteiger partial charge in [-0.05, 0) is 160 Å². The normalized spacial score (nSPS) is 41.0. The third-order valence-electron chi connectivity index (χ3n) is 12.4. The summed E-state index contributed by atoms with van der Waals surface area (Å²) in [5.41, 5.74) is 2.69. The summed E-state index contributed by atoms with van der Waals surface area (Å²) in [6.07, 6.45) is 18.1. The van der Waals surface area contributed by atoms with Gasteiger partial charge in [-0.2, -0.15) is 0 Å². The second kappa shape index (κ2) is 10.0. The summed E-state index contributed by atoms with van der Waals surface area (Å²) >= 11 is 0. The van der Waals surface area contributed by atoms with E-state index in [1.165, 1.54) is 88.2 Å². The summed E-state index contributed by atoms with van der Waals surface area (Å²) in [6.45, 7) is 6.30. The van der Waals surface area contributed by atoms with Crippen LogP contribution in [-0.2, 0) is 11.0 Å². The topological polar surface area (TPSA) is 29.1 Å². The summed E-state index contributed by atoms with van der Waals surface area (Å²) < 4.78 is 17.2. The third kappa shape index (κ3) is 4.75. The Hall–Kier alpha value is -1.02. The quantitative estimate of drug-likeness (QED) is 0.322. The average molecular weight is 588 g/mol. The number of benzene rings is 2. The molecule has 8 fully saturated rings. The molecule has 8 saturated carbocycles. The van der Waals surface area contributed by atoms with Crippen molar-refractivity contribution in [2.75, 3.05) is 0 Å². The monoisotopic (exact) mass is 587 g/mol. The molecule has 0 heterocycles. The van der Waals surface area contributed by atoms with E-state index < -0.39 is 11.0 Å². The molecule has 41 heavy (non-hydrogen) atoms. The molecule has 2 aromatic rings. The molecule has 1 unspecified atom stereocenters. The molecular formula is C37H50NOPS. The molecule has 0 saturated heterocycles. The fourth-order valence-corrected chi connectivity index (χ4v) is 18.1. The van der Waals surface area contributed by atoms with Crippen molar-refractivity contribution in [3.63, 3.8) is 0 Å². The summed E-state index contributed by atoms with van der Waals surface area (Å²) in [7, 11) is -1.49. The standard InChI is InChI=1S/C37H50NOPS/c1-35(2,3)41(39)38-34(31-9-5-4-6-10-31)32-11-7-8-12-33(32)40(36-19-25-13-26(20-36)15-27(14-25)21-36)37-22-28-16-29(23-37)18-30(17-28)24-37/h4-12,25-30,34,38H,13-24H2,1-3H3/t25?,26?,27?,28?,29?,30?,34-,36?,37?,40?,41?/m0/s1. The molecule has 0 aliphatic heterocycles. The second-order valence-electron chi connectivity index (χ2n) is 16.5. The number of nitrogens with one attached hydrogen (secondary N) is 1. The van der Waals surface area contributed by atoms with Crippen LogP contribution in [0.15, 0.2) is 54.6 Å². The molecule has 8 aliphatic rings. The van der Waals surface area contributed by atoms with E-state index in [1.54, 1.807) is 5.30 Å². The summed E-state index contributed by atoms with van der Waals surface area (Å²) in [5, 5.41) is 2.74. The lowest BCUT2D eigenvalue weighted by atomic mass is 9.55. The first-order chi connectivity index (χ1) is 19.7.